The molecule has 1 aromatic carbocycles. The Morgan fingerprint density at radius 2 is 2.00 bits per heavy atom. The zero-order valence-corrected chi connectivity index (χ0v) is 9.63. The lowest BCUT2D eigenvalue weighted by atomic mass is 9.98. The van der Waals surface area contributed by atoms with Gasteiger partial charge in [-0.05, 0) is 41.1 Å². The van der Waals surface area contributed by atoms with Crippen LogP contribution >= 0.6 is 11.3 Å². The van der Waals surface area contributed by atoms with Crippen molar-refractivity contribution in [1.29, 1.82) is 0 Å². The van der Waals surface area contributed by atoms with Crippen LogP contribution in [0, 0.1) is 0 Å². The van der Waals surface area contributed by atoms with Gasteiger partial charge in [-0.3, -0.25) is 0 Å². The molecule has 3 heteroatoms. The third-order valence-electron chi connectivity index (χ3n) is 3.01. The highest BCUT2D eigenvalue weighted by Crippen LogP contribution is 2.33. The number of benzene rings is 1. The van der Waals surface area contributed by atoms with E-state index in [4.69, 9.17) is 0 Å². The largest absolute Gasteiger partial charge is 0.508 e. The Hall–Kier alpha value is -1.32. The second-order valence-electron chi connectivity index (χ2n) is 4.04. The van der Waals surface area contributed by atoms with Crippen molar-refractivity contribution in [2.45, 2.75) is 12.5 Å². The van der Waals surface area contributed by atoms with Crippen LogP contribution in [0.25, 0.3) is 0 Å². The van der Waals surface area contributed by atoms with Crippen molar-refractivity contribution in [3.05, 3.63) is 51.7 Å². The molecule has 1 aliphatic rings. The number of phenols is 1. The van der Waals surface area contributed by atoms with Crippen molar-refractivity contribution < 1.29 is 5.11 Å². The van der Waals surface area contributed by atoms with Crippen LogP contribution in [-0.2, 0) is 6.42 Å². The van der Waals surface area contributed by atoms with E-state index in [-0.39, 0.29) is 0 Å². The Bertz CT molecular complexity index is 489. The number of hydrogen-bond acceptors (Lipinski definition) is 3. The summed E-state index contributed by atoms with van der Waals surface area (Å²) in [5.74, 6) is 0.325. The first-order valence-corrected chi connectivity index (χ1v) is 6.31. The molecule has 0 spiro atoms. The van der Waals surface area contributed by atoms with Gasteiger partial charge in [0.25, 0.3) is 0 Å². The van der Waals surface area contributed by atoms with Gasteiger partial charge in [0.2, 0.25) is 0 Å². The number of nitrogens with one attached hydrogen (secondary N) is 1. The monoisotopic (exact) mass is 231 g/mol. The van der Waals surface area contributed by atoms with E-state index < -0.39 is 0 Å². The summed E-state index contributed by atoms with van der Waals surface area (Å²) in [6.07, 6.45) is 1.12. The maximum atomic E-state index is 9.29. The van der Waals surface area contributed by atoms with Crippen molar-refractivity contribution in [1.82, 2.24) is 5.32 Å². The van der Waals surface area contributed by atoms with Crippen LogP contribution in [0.4, 0.5) is 0 Å². The van der Waals surface area contributed by atoms with Crippen molar-refractivity contribution in [3.8, 4) is 5.75 Å². The topological polar surface area (TPSA) is 32.3 Å². The molecule has 2 nitrogen and oxygen atoms in total. The molecular formula is C13H13NOS. The van der Waals surface area contributed by atoms with Gasteiger partial charge in [-0.15, -0.1) is 11.3 Å². The van der Waals surface area contributed by atoms with Crippen LogP contribution in [0.5, 0.6) is 5.75 Å². The molecule has 0 saturated heterocycles. The molecule has 2 N–H and O–H groups in total. The van der Waals surface area contributed by atoms with Crippen molar-refractivity contribution in [2.24, 2.45) is 0 Å². The zero-order chi connectivity index (χ0) is 11.0. The van der Waals surface area contributed by atoms with Crippen LogP contribution in [0.15, 0.2) is 35.7 Å². The standard InChI is InChI=1S/C13H13NOS/c15-11-3-1-9(2-4-11)12-13-10(5-7-14-12)6-8-16-13/h1-4,6,8,12,14-15H,5,7H2. The van der Waals surface area contributed by atoms with E-state index in [9.17, 15) is 5.11 Å². The lowest BCUT2D eigenvalue weighted by molar-refractivity contribution is 0.474. The first-order valence-electron chi connectivity index (χ1n) is 5.43. The highest BCUT2D eigenvalue weighted by Gasteiger charge is 2.22. The minimum absolute atomic E-state index is 0.296. The fraction of sp³-hybridized carbons (Fsp3) is 0.231. The van der Waals surface area contributed by atoms with E-state index in [1.807, 2.05) is 23.5 Å². The van der Waals surface area contributed by atoms with Gasteiger partial charge in [0.05, 0.1) is 6.04 Å². The minimum Gasteiger partial charge on any atom is -0.508 e. The zero-order valence-electron chi connectivity index (χ0n) is 8.81. The van der Waals surface area contributed by atoms with Crippen molar-refractivity contribution >= 4 is 11.3 Å². The van der Waals surface area contributed by atoms with Gasteiger partial charge in [0.15, 0.2) is 0 Å². The van der Waals surface area contributed by atoms with Crippen LogP contribution in [0.1, 0.15) is 22.0 Å². The molecule has 0 saturated carbocycles. The van der Waals surface area contributed by atoms with E-state index >= 15 is 0 Å². The Morgan fingerprint density at radius 1 is 1.19 bits per heavy atom. The molecule has 16 heavy (non-hydrogen) atoms. The predicted octanol–water partition coefficient (Wildman–Crippen LogP) is 2.69. The number of fused-ring (bicyclic) bond motifs is 1. The normalized spacial score (nSPS) is 19.4. The molecule has 1 unspecified atom stereocenters. The number of aromatic hydroxyl groups is 1. The van der Waals surface area contributed by atoms with E-state index in [0.29, 0.717) is 11.8 Å². The Morgan fingerprint density at radius 3 is 2.81 bits per heavy atom. The van der Waals surface area contributed by atoms with E-state index in [1.165, 1.54) is 16.0 Å². The third-order valence-corrected chi connectivity index (χ3v) is 4.04. The predicted molar refractivity (Wildman–Crippen MR) is 66.0 cm³/mol. The first kappa shape index (κ1) is 9.87. The Labute approximate surface area is 98.6 Å². The van der Waals surface area contributed by atoms with Gasteiger partial charge >= 0.3 is 0 Å². The molecule has 3 rings (SSSR count). The molecule has 2 heterocycles. The molecule has 1 atom stereocenters. The summed E-state index contributed by atoms with van der Waals surface area (Å²) >= 11 is 1.81. The molecule has 0 fully saturated rings. The van der Waals surface area contributed by atoms with Gasteiger partial charge in [-0.2, -0.15) is 0 Å². The van der Waals surface area contributed by atoms with Gasteiger partial charge < -0.3 is 10.4 Å². The van der Waals surface area contributed by atoms with Gasteiger partial charge in [0.1, 0.15) is 5.75 Å². The number of hydrogen-bond donors (Lipinski definition) is 2. The summed E-state index contributed by atoms with van der Waals surface area (Å²) in [5, 5.41) is 15.0. The summed E-state index contributed by atoms with van der Waals surface area (Å²) < 4.78 is 0. The van der Waals surface area contributed by atoms with Gasteiger partial charge in [-0.1, -0.05) is 12.1 Å². The van der Waals surface area contributed by atoms with E-state index in [1.54, 1.807) is 12.1 Å². The molecule has 0 aliphatic carbocycles. The Balaban J connectivity index is 2.00. The van der Waals surface area contributed by atoms with Crippen LogP contribution in [-0.4, -0.2) is 11.7 Å². The lowest BCUT2D eigenvalue weighted by Crippen LogP contribution is -2.29. The summed E-state index contributed by atoms with van der Waals surface area (Å²) in [7, 11) is 0. The SMILES string of the molecule is Oc1ccc(C2NCCc3ccsc32)cc1. The number of thiophene rings is 1. The molecule has 0 amide bonds. The fourth-order valence-electron chi connectivity index (χ4n) is 2.19. The molecular weight excluding hydrogens is 218 g/mol. The molecule has 82 valence electrons. The maximum absolute atomic E-state index is 9.29. The summed E-state index contributed by atoms with van der Waals surface area (Å²) in [4.78, 5) is 1.41. The highest BCUT2D eigenvalue weighted by atomic mass is 32.1. The van der Waals surface area contributed by atoms with Crippen LogP contribution in [0.3, 0.4) is 0 Å². The summed E-state index contributed by atoms with van der Waals surface area (Å²) in [6.45, 7) is 1.02. The van der Waals surface area contributed by atoms with E-state index in [0.717, 1.165) is 13.0 Å². The smallest absolute Gasteiger partial charge is 0.115 e. The molecule has 2 aromatic rings. The van der Waals surface area contributed by atoms with Crippen molar-refractivity contribution in [2.75, 3.05) is 6.54 Å². The second-order valence-corrected chi connectivity index (χ2v) is 4.99. The minimum atomic E-state index is 0.296. The van der Waals surface area contributed by atoms with Gasteiger partial charge in [-0.25, -0.2) is 0 Å². The third kappa shape index (κ3) is 1.62. The first-order chi connectivity index (χ1) is 7.84. The molecule has 0 radical (unpaired) electrons. The molecule has 1 aromatic heterocycles. The van der Waals surface area contributed by atoms with E-state index in [2.05, 4.69) is 16.8 Å². The summed E-state index contributed by atoms with van der Waals surface area (Å²) in [6, 6.07) is 9.99. The second kappa shape index (κ2) is 3.92. The quantitative estimate of drug-likeness (QED) is 0.791. The number of phenolic OH excluding ortho intramolecular Hbond substituents is 1. The fourth-order valence-corrected chi connectivity index (χ4v) is 3.24. The molecule has 0 bridgehead atoms. The average Bonchev–Trinajstić information content (AvgIpc) is 2.78. The maximum Gasteiger partial charge on any atom is 0.115 e. The van der Waals surface area contributed by atoms with Crippen LogP contribution in [0.2, 0.25) is 0 Å². The number of rotatable bonds is 1. The Kier molecular flexibility index (Phi) is 2.42. The van der Waals surface area contributed by atoms with Crippen molar-refractivity contribution in [3.63, 3.8) is 0 Å². The average molecular weight is 231 g/mol. The summed E-state index contributed by atoms with van der Waals surface area (Å²) in [5.41, 5.74) is 2.68. The molecule has 1 aliphatic heterocycles. The highest BCUT2D eigenvalue weighted by molar-refractivity contribution is 7.10. The lowest BCUT2D eigenvalue weighted by Gasteiger charge is -2.24. The van der Waals surface area contributed by atoms with Gasteiger partial charge in [0, 0.05) is 11.4 Å². The van der Waals surface area contributed by atoms with Crippen LogP contribution < -0.4 is 5.32 Å².